The molecule has 1 unspecified atom stereocenters. The van der Waals surface area contributed by atoms with Gasteiger partial charge in [-0.1, -0.05) is 89.9 Å². The third-order valence-electron chi connectivity index (χ3n) is 8.01. The minimum Gasteiger partial charge on any atom is -0.347 e. The van der Waals surface area contributed by atoms with E-state index in [4.69, 9.17) is 23.2 Å². The van der Waals surface area contributed by atoms with Crippen molar-refractivity contribution in [2.24, 2.45) is 0 Å². The number of piperidine rings is 1. The third-order valence-corrected chi connectivity index (χ3v) is 8.75. The third kappa shape index (κ3) is 9.21. The molecule has 1 saturated heterocycles. The van der Waals surface area contributed by atoms with Crippen molar-refractivity contribution in [3.63, 3.8) is 0 Å². The van der Waals surface area contributed by atoms with E-state index < -0.39 is 0 Å². The molecule has 2 amide bonds. The molecule has 1 aliphatic heterocycles. The van der Waals surface area contributed by atoms with Crippen molar-refractivity contribution in [2.45, 2.75) is 50.5 Å². The predicted octanol–water partition coefficient (Wildman–Crippen LogP) is 7.11. The first-order valence-corrected chi connectivity index (χ1v) is 14.8. The number of rotatable bonds is 11. The Labute approximate surface area is 260 Å². The van der Waals surface area contributed by atoms with Gasteiger partial charge in [0.25, 0.3) is 0 Å². The number of carbonyl (C=O) groups is 2. The number of hydrogen-bond acceptors (Lipinski definition) is 3. The van der Waals surface area contributed by atoms with E-state index >= 15 is 0 Å². The van der Waals surface area contributed by atoms with Gasteiger partial charge in [-0.2, -0.15) is 0 Å². The van der Waals surface area contributed by atoms with Crippen LogP contribution in [0.5, 0.6) is 0 Å². The molecular formula is C33H40Cl3N3O2. The van der Waals surface area contributed by atoms with Crippen LogP contribution >= 0.6 is 35.6 Å². The van der Waals surface area contributed by atoms with Gasteiger partial charge in [-0.05, 0) is 61.1 Å². The second-order valence-electron chi connectivity index (χ2n) is 10.9. The van der Waals surface area contributed by atoms with Gasteiger partial charge in [0.1, 0.15) is 0 Å². The Kier molecular flexibility index (Phi) is 12.5. The molecule has 0 radical (unpaired) electrons. The summed E-state index contributed by atoms with van der Waals surface area (Å²) in [5.74, 6) is 0.252. The molecule has 1 atom stereocenters. The molecule has 0 saturated carbocycles. The van der Waals surface area contributed by atoms with E-state index in [0.717, 1.165) is 56.4 Å². The standard InChI is InChI=1S/C33H39Cl2N3O2.ClH/c1-25(39)36-33(29-13-7-4-8-14-29)17-20-38(21-18-33)19-9-12-28(27-15-16-30(34)31(35)23-27)24-37(2)32(40)22-26-10-5-3-6-11-26;/h3-8,10-11,13-16,23,28H,9,12,17-22,24H2,1-2H3,(H,36,39);1H. The Hall–Kier alpha value is -2.57. The SMILES string of the molecule is CC(=O)NC1(c2ccccc2)CCN(CCCC(CN(C)C(=O)Cc2ccccc2)c2ccc(Cl)c(Cl)c2)CC1.Cl. The summed E-state index contributed by atoms with van der Waals surface area (Å²) in [6.45, 7) is 5.01. The normalized spacial score (nSPS) is 15.4. The van der Waals surface area contributed by atoms with E-state index in [1.807, 2.05) is 78.7 Å². The van der Waals surface area contributed by atoms with Crippen LogP contribution in [0.2, 0.25) is 10.0 Å². The van der Waals surface area contributed by atoms with Gasteiger partial charge in [0.15, 0.2) is 0 Å². The molecular weight excluding hydrogens is 577 g/mol. The average molecular weight is 617 g/mol. The molecule has 4 rings (SSSR count). The minimum absolute atomic E-state index is 0. The topological polar surface area (TPSA) is 52.7 Å². The van der Waals surface area contributed by atoms with Gasteiger partial charge in [-0.25, -0.2) is 0 Å². The quantitative estimate of drug-likeness (QED) is 0.250. The van der Waals surface area contributed by atoms with E-state index in [-0.39, 0.29) is 35.7 Å². The average Bonchev–Trinajstić information content (AvgIpc) is 2.95. The molecule has 8 heteroatoms. The van der Waals surface area contributed by atoms with Crippen molar-refractivity contribution in [3.8, 4) is 0 Å². The second-order valence-corrected chi connectivity index (χ2v) is 11.7. The number of carbonyl (C=O) groups excluding carboxylic acids is 2. The van der Waals surface area contributed by atoms with Crippen LogP contribution in [-0.4, -0.2) is 54.8 Å². The highest BCUT2D eigenvalue weighted by molar-refractivity contribution is 6.42. The lowest BCUT2D eigenvalue weighted by Gasteiger charge is -2.43. The van der Waals surface area contributed by atoms with Gasteiger partial charge >= 0.3 is 0 Å². The number of nitrogens with zero attached hydrogens (tertiary/aromatic N) is 2. The number of halogens is 3. The maximum atomic E-state index is 13.0. The zero-order valence-corrected chi connectivity index (χ0v) is 26.2. The first-order valence-electron chi connectivity index (χ1n) is 14.1. The molecule has 3 aromatic carbocycles. The van der Waals surface area contributed by atoms with Crippen LogP contribution in [0.15, 0.2) is 78.9 Å². The monoisotopic (exact) mass is 615 g/mol. The van der Waals surface area contributed by atoms with E-state index in [1.165, 1.54) is 5.56 Å². The Balaban J connectivity index is 0.00000462. The van der Waals surface area contributed by atoms with E-state index in [0.29, 0.717) is 23.0 Å². The fraction of sp³-hybridized carbons (Fsp3) is 0.394. The highest BCUT2D eigenvalue weighted by atomic mass is 35.5. The van der Waals surface area contributed by atoms with E-state index in [2.05, 4.69) is 22.3 Å². The maximum absolute atomic E-state index is 13.0. The first kappa shape index (κ1) is 32.9. The Morgan fingerprint density at radius 1 is 0.951 bits per heavy atom. The van der Waals surface area contributed by atoms with Crippen molar-refractivity contribution < 1.29 is 9.59 Å². The fourth-order valence-electron chi connectivity index (χ4n) is 5.77. The lowest BCUT2D eigenvalue weighted by atomic mass is 9.80. The van der Waals surface area contributed by atoms with Crippen molar-refractivity contribution >= 4 is 47.4 Å². The molecule has 0 bridgehead atoms. The first-order chi connectivity index (χ1) is 19.3. The van der Waals surface area contributed by atoms with Crippen LogP contribution < -0.4 is 5.32 Å². The maximum Gasteiger partial charge on any atom is 0.226 e. The second kappa shape index (κ2) is 15.6. The lowest BCUT2D eigenvalue weighted by Crippen LogP contribution is -2.52. The molecule has 220 valence electrons. The molecule has 0 spiro atoms. The van der Waals surface area contributed by atoms with Crippen LogP contribution in [0.3, 0.4) is 0 Å². The summed E-state index contributed by atoms with van der Waals surface area (Å²) in [5.41, 5.74) is 2.98. The van der Waals surface area contributed by atoms with Crippen molar-refractivity contribution in [1.29, 1.82) is 0 Å². The summed E-state index contributed by atoms with van der Waals surface area (Å²) in [4.78, 5) is 29.4. The van der Waals surface area contributed by atoms with Crippen LogP contribution in [0.1, 0.15) is 55.2 Å². The molecule has 1 N–H and O–H groups in total. The Morgan fingerprint density at radius 2 is 1.59 bits per heavy atom. The Bertz CT molecular complexity index is 1270. The summed E-state index contributed by atoms with van der Waals surface area (Å²) >= 11 is 12.6. The van der Waals surface area contributed by atoms with Gasteiger partial charge in [0.05, 0.1) is 22.0 Å². The predicted molar refractivity (Wildman–Crippen MR) is 171 cm³/mol. The summed E-state index contributed by atoms with van der Waals surface area (Å²) < 4.78 is 0. The molecule has 1 fully saturated rings. The summed E-state index contributed by atoms with van der Waals surface area (Å²) in [6.07, 6.45) is 4.06. The van der Waals surface area contributed by atoms with Gasteiger partial charge < -0.3 is 15.1 Å². The van der Waals surface area contributed by atoms with Crippen molar-refractivity contribution in [3.05, 3.63) is 106 Å². The molecule has 41 heavy (non-hydrogen) atoms. The number of hydrogen-bond donors (Lipinski definition) is 1. The zero-order valence-electron chi connectivity index (χ0n) is 23.8. The lowest BCUT2D eigenvalue weighted by molar-refractivity contribution is -0.129. The smallest absolute Gasteiger partial charge is 0.226 e. The van der Waals surface area contributed by atoms with Gasteiger partial charge in [-0.3, -0.25) is 9.59 Å². The van der Waals surface area contributed by atoms with Gasteiger partial charge in [-0.15, -0.1) is 12.4 Å². The molecule has 3 aromatic rings. The summed E-state index contributed by atoms with van der Waals surface area (Å²) in [6, 6.07) is 26.0. The zero-order chi connectivity index (χ0) is 28.5. The molecule has 0 aliphatic carbocycles. The number of likely N-dealkylation sites (N-methyl/N-ethyl adjacent to an activating group) is 1. The molecule has 1 aliphatic rings. The van der Waals surface area contributed by atoms with E-state index in [9.17, 15) is 9.59 Å². The number of nitrogens with one attached hydrogen (secondary N) is 1. The van der Waals surface area contributed by atoms with Crippen LogP contribution in [-0.2, 0) is 21.5 Å². The molecule has 1 heterocycles. The van der Waals surface area contributed by atoms with Crippen molar-refractivity contribution in [1.82, 2.24) is 15.1 Å². The van der Waals surface area contributed by atoms with Crippen molar-refractivity contribution in [2.75, 3.05) is 33.2 Å². The van der Waals surface area contributed by atoms with Gasteiger partial charge in [0.2, 0.25) is 11.8 Å². The Morgan fingerprint density at radius 3 is 2.20 bits per heavy atom. The highest BCUT2D eigenvalue weighted by Crippen LogP contribution is 2.34. The molecule has 0 aromatic heterocycles. The fourth-order valence-corrected chi connectivity index (χ4v) is 6.07. The summed E-state index contributed by atoms with van der Waals surface area (Å²) in [7, 11) is 1.88. The van der Waals surface area contributed by atoms with Crippen LogP contribution in [0, 0.1) is 0 Å². The number of benzene rings is 3. The number of likely N-dealkylation sites (tertiary alicyclic amines) is 1. The van der Waals surface area contributed by atoms with E-state index in [1.54, 1.807) is 6.92 Å². The van der Waals surface area contributed by atoms with Crippen LogP contribution in [0.25, 0.3) is 0 Å². The largest absolute Gasteiger partial charge is 0.347 e. The van der Waals surface area contributed by atoms with Gasteiger partial charge in [0, 0.05) is 39.5 Å². The molecule has 5 nitrogen and oxygen atoms in total. The summed E-state index contributed by atoms with van der Waals surface area (Å²) in [5, 5.41) is 4.33. The minimum atomic E-state index is -0.311. The van der Waals surface area contributed by atoms with Crippen LogP contribution in [0.4, 0.5) is 0 Å². The highest BCUT2D eigenvalue weighted by Gasteiger charge is 2.36. The number of amides is 2.